The number of benzene rings is 2. The van der Waals surface area contributed by atoms with Crippen LogP contribution in [0.25, 0.3) is 0 Å². The summed E-state index contributed by atoms with van der Waals surface area (Å²) in [6.45, 7) is 3.94. The first-order valence-electron chi connectivity index (χ1n) is 7.40. The van der Waals surface area contributed by atoms with Crippen molar-refractivity contribution >= 4 is 0 Å². The molecule has 0 radical (unpaired) electrons. The fraction of sp³-hybridized carbons (Fsp3) is 0.333. The third kappa shape index (κ3) is 4.80. The van der Waals surface area contributed by atoms with Gasteiger partial charge < -0.3 is 14.8 Å². The van der Waals surface area contributed by atoms with Gasteiger partial charge in [0.25, 0.3) is 0 Å². The Morgan fingerprint density at radius 2 is 1.76 bits per heavy atom. The molecule has 0 saturated carbocycles. The molecule has 2 rings (SSSR count). The summed E-state index contributed by atoms with van der Waals surface area (Å²) in [6, 6.07) is 18.0. The molecule has 2 aromatic rings. The van der Waals surface area contributed by atoms with E-state index in [1.54, 1.807) is 7.11 Å². The summed E-state index contributed by atoms with van der Waals surface area (Å²) >= 11 is 0. The smallest absolute Gasteiger partial charge is 0.136 e. The molecule has 0 saturated heterocycles. The van der Waals surface area contributed by atoms with Gasteiger partial charge in [-0.05, 0) is 30.7 Å². The van der Waals surface area contributed by atoms with Crippen LogP contribution >= 0.6 is 0 Å². The predicted octanol–water partition coefficient (Wildman–Crippen LogP) is 3.81. The van der Waals surface area contributed by atoms with E-state index in [0.29, 0.717) is 0 Å². The maximum Gasteiger partial charge on any atom is 0.136 e. The van der Waals surface area contributed by atoms with E-state index in [1.165, 1.54) is 5.56 Å². The Bertz CT molecular complexity index is 528. The van der Waals surface area contributed by atoms with Gasteiger partial charge in [-0.25, -0.2) is 0 Å². The van der Waals surface area contributed by atoms with E-state index in [9.17, 15) is 0 Å². The lowest BCUT2D eigenvalue weighted by Gasteiger charge is -2.20. The lowest BCUT2D eigenvalue weighted by atomic mass is 10.1. The van der Waals surface area contributed by atoms with Gasteiger partial charge in [0.1, 0.15) is 17.6 Å². The van der Waals surface area contributed by atoms with Crippen molar-refractivity contribution in [2.45, 2.75) is 19.4 Å². The lowest BCUT2D eigenvalue weighted by Crippen LogP contribution is -2.25. The molecule has 0 aliphatic heterocycles. The quantitative estimate of drug-likeness (QED) is 0.748. The average molecular weight is 285 g/mol. The van der Waals surface area contributed by atoms with Crippen LogP contribution in [0.15, 0.2) is 54.6 Å². The van der Waals surface area contributed by atoms with E-state index in [-0.39, 0.29) is 6.10 Å². The van der Waals surface area contributed by atoms with Crippen LogP contribution in [0.5, 0.6) is 11.5 Å². The third-order valence-corrected chi connectivity index (χ3v) is 3.25. The van der Waals surface area contributed by atoms with Crippen molar-refractivity contribution in [2.75, 3.05) is 20.2 Å². The normalized spacial score (nSPS) is 11.9. The van der Waals surface area contributed by atoms with Crippen molar-refractivity contribution in [1.82, 2.24) is 5.32 Å². The highest BCUT2D eigenvalue weighted by molar-refractivity contribution is 5.33. The molecular weight excluding hydrogens is 262 g/mol. The first kappa shape index (κ1) is 15.4. The zero-order valence-corrected chi connectivity index (χ0v) is 12.7. The number of ether oxygens (including phenoxy) is 2. The Morgan fingerprint density at radius 3 is 2.48 bits per heavy atom. The molecule has 1 unspecified atom stereocenters. The lowest BCUT2D eigenvalue weighted by molar-refractivity contribution is 0.201. The number of hydrogen-bond donors (Lipinski definition) is 1. The van der Waals surface area contributed by atoms with Gasteiger partial charge in [-0.15, -0.1) is 0 Å². The number of hydrogen-bond acceptors (Lipinski definition) is 3. The largest absolute Gasteiger partial charge is 0.497 e. The van der Waals surface area contributed by atoms with E-state index >= 15 is 0 Å². The maximum absolute atomic E-state index is 6.15. The second-order valence-corrected chi connectivity index (χ2v) is 4.90. The standard InChI is InChI=1S/C18H23NO2/c1-3-12-19-14-18(15-8-5-4-6-9-15)21-17-11-7-10-16(13-17)20-2/h4-11,13,18-19H,3,12,14H2,1-2H3. The Morgan fingerprint density at radius 1 is 1.00 bits per heavy atom. The van der Waals surface area contributed by atoms with Gasteiger partial charge in [-0.3, -0.25) is 0 Å². The van der Waals surface area contributed by atoms with Gasteiger partial charge in [-0.1, -0.05) is 43.3 Å². The van der Waals surface area contributed by atoms with Crippen molar-refractivity contribution in [2.24, 2.45) is 0 Å². The van der Waals surface area contributed by atoms with Crippen LogP contribution in [0.1, 0.15) is 25.0 Å². The van der Waals surface area contributed by atoms with Crippen LogP contribution in [0.3, 0.4) is 0 Å². The number of nitrogens with one attached hydrogen (secondary N) is 1. The SMILES string of the molecule is CCCNCC(Oc1cccc(OC)c1)c1ccccc1. The van der Waals surface area contributed by atoms with Gasteiger partial charge in [0.05, 0.1) is 7.11 Å². The molecule has 0 aliphatic carbocycles. The highest BCUT2D eigenvalue weighted by Gasteiger charge is 2.13. The first-order valence-corrected chi connectivity index (χ1v) is 7.40. The molecule has 3 nitrogen and oxygen atoms in total. The van der Waals surface area contributed by atoms with Gasteiger partial charge in [0.2, 0.25) is 0 Å². The number of methoxy groups -OCH3 is 1. The van der Waals surface area contributed by atoms with Crippen molar-refractivity contribution < 1.29 is 9.47 Å². The van der Waals surface area contributed by atoms with Gasteiger partial charge in [0.15, 0.2) is 0 Å². The molecule has 1 N–H and O–H groups in total. The Balaban J connectivity index is 2.11. The molecule has 3 heteroatoms. The minimum absolute atomic E-state index is 0.00939. The van der Waals surface area contributed by atoms with Crippen molar-refractivity contribution in [1.29, 1.82) is 0 Å². The Labute approximate surface area is 126 Å². The summed E-state index contributed by atoms with van der Waals surface area (Å²) in [5, 5.41) is 3.43. The minimum atomic E-state index is -0.00939. The van der Waals surface area contributed by atoms with Crippen molar-refractivity contribution in [3.05, 3.63) is 60.2 Å². The second kappa shape index (κ2) is 8.32. The summed E-state index contributed by atoms with van der Waals surface area (Å²) in [5.74, 6) is 1.63. The van der Waals surface area contributed by atoms with E-state index in [2.05, 4.69) is 24.4 Å². The van der Waals surface area contributed by atoms with Gasteiger partial charge >= 0.3 is 0 Å². The zero-order chi connectivity index (χ0) is 14.9. The van der Waals surface area contributed by atoms with Gasteiger partial charge in [0, 0.05) is 12.6 Å². The van der Waals surface area contributed by atoms with Crippen molar-refractivity contribution in [3.8, 4) is 11.5 Å². The predicted molar refractivity (Wildman–Crippen MR) is 86.0 cm³/mol. The molecule has 0 spiro atoms. The highest BCUT2D eigenvalue weighted by atomic mass is 16.5. The van der Waals surface area contributed by atoms with E-state index < -0.39 is 0 Å². The molecule has 0 heterocycles. The average Bonchev–Trinajstić information content (AvgIpc) is 2.55. The molecule has 0 amide bonds. The fourth-order valence-electron chi connectivity index (χ4n) is 2.14. The molecular formula is C18H23NO2. The Kier molecular flexibility index (Phi) is 6.10. The van der Waals surface area contributed by atoms with Crippen LogP contribution < -0.4 is 14.8 Å². The molecule has 0 aromatic heterocycles. The molecule has 0 bridgehead atoms. The summed E-state index contributed by atoms with van der Waals surface area (Å²) in [5.41, 5.74) is 1.17. The molecule has 0 aliphatic rings. The van der Waals surface area contributed by atoms with Crippen molar-refractivity contribution in [3.63, 3.8) is 0 Å². The number of rotatable bonds is 8. The first-order chi connectivity index (χ1) is 10.3. The molecule has 21 heavy (non-hydrogen) atoms. The molecule has 112 valence electrons. The topological polar surface area (TPSA) is 30.5 Å². The van der Waals surface area contributed by atoms with Crippen LogP contribution in [-0.4, -0.2) is 20.2 Å². The molecule has 2 aromatic carbocycles. The Hall–Kier alpha value is -2.00. The highest BCUT2D eigenvalue weighted by Crippen LogP contribution is 2.25. The van der Waals surface area contributed by atoms with Crippen LogP contribution in [0.2, 0.25) is 0 Å². The van der Waals surface area contributed by atoms with E-state index in [1.807, 2.05) is 42.5 Å². The van der Waals surface area contributed by atoms with Crippen LogP contribution in [-0.2, 0) is 0 Å². The fourth-order valence-corrected chi connectivity index (χ4v) is 2.14. The second-order valence-electron chi connectivity index (χ2n) is 4.90. The van der Waals surface area contributed by atoms with Gasteiger partial charge in [-0.2, -0.15) is 0 Å². The summed E-state index contributed by atoms with van der Waals surface area (Å²) in [7, 11) is 1.66. The van der Waals surface area contributed by atoms with E-state index in [4.69, 9.17) is 9.47 Å². The zero-order valence-electron chi connectivity index (χ0n) is 12.7. The monoisotopic (exact) mass is 285 g/mol. The minimum Gasteiger partial charge on any atom is -0.497 e. The third-order valence-electron chi connectivity index (χ3n) is 3.25. The summed E-state index contributed by atoms with van der Waals surface area (Å²) in [6.07, 6.45) is 1.10. The van der Waals surface area contributed by atoms with E-state index in [0.717, 1.165) is 31.0 Å². The summed E-state index contributed by atoms with van der Waals surface area (Å²) in [4.78, 5) is 0. The maximum atomic E-state index is 6.15. The van der Waals surface area contributed by atoms with Crippen LogP contribution in [0, 0.1) is 0 Å². The molecule has 1 atom stereocenters. The molecule has 0 fully saturated rings. The summed E-state index contributed by atoms with van der Waals surface area (Å²) < 4.78 is 11.4. The van der Waals surface area contributed by atoms with Crippen LogP contribution in [0.4, 0.5) is 0 Å².